The Kier molecular flexibility index (Phi) is 7.80. The van der Waals surface area contributed by atoms with E-state index in [4.69, 9.17) is 14.5 Å². The van der Waals surface area contributed by atoms with Crippen molar-refractivity contribution in [3.63, 3.8) is 0 Å². The monoisotopic (exact) mass is 448 g/mol. The van der Waals surface area contributed by atoms with Gasteiger partial charge in [0.1, 0.15) is 17.4 Å². The summed E-state index contributed by atoms with van der Waals surface area (Å²) in [5, 5.41) is 3.18. The highest BCUT2D eigenvalue weighted by Gasteiger charge is 2.22. The van der Waals surface area contributed by atoms with E-state index < -0.39 is 0 Å². The molecule has 0 radical (unpaired) electrons. The smallest absolute Gasteiger partial charge is 0.150 e. The zero-order chi connectivity index (χ0) is 23.0. The first kappa shape index (κ1) is 23.1. The van der Waals surface area contributed by atoms with E-state index in [1.807, 2.05) is 20.0 Å². The van der Waals surface area contributed by atoms with Gasteiger partial charge in [-0.05, 0) is 57.5 Å². The Labute approximate surface area is 195 Å². The van der Waals surface area contributed by atoms with Gasteiger partial charge >= 0.3 is 0 Å². The molecule has 0 spiro atoms. The molecular weight excluding hydrogens is 416 g/mol. The average Bonchev–Trinajstić information content (AvgIpc) is 2.82. The fourth-order valence-corrected chi connectivity index (χ4v) is 4.15. The highest BCUT2D eigenvalue weighted by molar-refractivity contribution is 5.48. The number of nitrogens with one attached hydrogen (secondary N) is 1. The summed E-state index contributed by atoms with van der Waals surface area (Å²) in [7, 11) is 1.72. The summed E-state index contributed by atoms with van der Waals surface area (Å²) in [6.45, 7) is 7.61. The molecule has 1 fully saturated rings. The van der Waals surface area contributed by atoms with E-state index in [2.05, 4.69) is 43.4 Å². The van der Waals surface area contributed by atoms with Crippen LogP contribution in [0.4, 0.5) is 11.6 Å². The van der Waals surface area contributed by atoms with Crippen LogP contribution in [0.2, 0.25) is 0 Å². The minimum atomic E-state index is 0.142. The highest BCUT2D eigenvalue weighted by atomic mass is 16.5. The summed E-state index contributed by atoms with van der Waals surface area (Å²) in [4.78, 5) is 20.0. The third kappa shape index (κ3) is 6.46. The maximum atomic E-state index is 5.93. The van der Waals surface area contributed by atoms with Crippen molar-refractivity contribution >= 4 is 11.6 Å². The summed E-state index contributed by atoms with van der Waals surface area (Å²) in [6.07, 6.45) is 10.8. The van der Waals surface area contributed by atoms with Gasteiger partial charge < -0.3 is 14.8 Å². The topological polar surface area (TPSA) is 85.3 Å². The maximum absolute atomic E-state index is 5.93. The molecule has 3 aromatic rings. The Hall–Kier alpha value is -3.10. The van der Waals surface area contributed by atoms with Gasteiger partial charge in [0.2, 0.25) is 0 Å². The van der Waals surface area contributed by atoms with Gasteiger partial charge in [-0.25, -0.2) is 9.97 Å². The van der Waals surface area contributed by atoms with Gasteiger partial charge in [-0.15, -0.1) is 0 Å². The predicted molar refractivity (Wildman–Crippen MR) is 128 cm³/mol. The first-order valence-electron chi connectivity index (χ1n) is 11.5. The van der Waals surface area contributed by atoms with Gasteiger partial charge in [0.25, 0.3) is 0 Å². The van der Waals surface area contributed by atoms with Gasteiger partial charge in [0.05, 0.1) is 30.8 Å². The number of piperidine rings is 1. The summed E-state index contributed by atoms with van der Waals surface area (Å²) >= 11 is 0. The molecule has 0 aliphatic carbocycles. The van der Waals surface area contributed by atoms with E-state index in [9.17, 15) is 0 Å². The molecular formula is C25H32N6O2. The zero-order valence-electron chi connectivity index (χ0n) is 19.6. The number of anilines is 2. The number of hydrogen-bond donors (Lipinski definition) is 1. The zero-order valence-corrected chi connectivity index (χ0v) is 19.6. The summed E-state index contributed by atoms with van der Waals surface area (Å²) in [6, 6.07) is 6.44. The van der Waals surface area contributed by atoms with E-state index in [0.29, 0.717) is 24.2 Å². The minimum absolute atomic E-state index is 0.142. The molecule has 0 bridgehead atoms. The molecule has 174 valence electrons. The van der Waals surface area contributed by atoms with Crippen LogP contribution in [0.25, 0.3) is 0 Å². The van der Waals surface area contributed by atoms with Crippen LogP contribution in [-0.2, 0) is 17.9 Å². The third-order valence-corrected chi connectivity index (χ3v) is 5.67. The summed E-state index contributed by atoms with van der Waals surface area (Å²) < 4.78 is 11.3. The van der Waals surface area contributed by atoms with Gasteiger partial charge in [0, 0.05) is 43.7 Å². The second-order valence-corrected chi connectivity index (χ2v) is 8.64. The fraction of sp³-hybridized carbons (Fsp3) is 0.440. The molecule has 0 atom stereocenters. The largest absolute Gasteiger partial charge is 0.491 e. The van der Waals surface area contributed by atoms with E-state index in [-0.39, 0.29) is 6.10 Å². The molecule has 1 saturated heterocycles. The lowest BCUT2D eigenvalue weighted by atomic mass is 9.93. The highest BCUT2D eigenvalue weighted by Crippen LogP contribution is 2.29. The maximum Gasteiger partial charge on any atom is 0.150 e. The van der Waals surface area contributed by atoms with E-state index in [0.717, 1.165) is 49.5 Å². The molecule has 1 N–H and O–H groups in total. The van der Waals surface area contributed by atoms with Crippen LogP contribution < -0.4 is 10.1 Å². The lowest BCUT2D eigenvalue weighted by Gasteiger charge is -2.31. The molecule has 0 amide bonds. The summed E-state index contributed by atoms with van der Waals surface area (Å²) in [5.74, 6) is 2.67. The van der Waals surface area contributed by atoms with Crippen molar-refractivity contribution < 1.29 is 9.47 Å². The molecule has 1 aliphatic rings. The quantitative estimate of drug-likeness (QED) is 0.518. The van der Waals surface area contributed by atoms with Crippen molar-refractivity contribution in [1.82, 2.24) is 24.8 Å². The lowest BCUT2D eigenvalue weighted by Crippen LogP contribution is -2.32. The molecule has 1 aliphatic heterocycles. The van der Waals surface area contributed by atoms with Crippen molar-refractivity contribution in [3.8, 4) is 5.75 Å². The molecule has 3 heterocycles. The van der Waals surface area contributed by atoms with Gasteiger partial charge in [-0.2, -0.15) is 0 Å². The Morgan fingerprint density at radius 1 is 1.06 bits per heavy atom. The number of benzene rings is 1. The van der Waals surface area contributed by atoms with Crippen LogP contribution in [0.15, 0.2) is 49.2 Å². The van der Waals surface area contributed by atoms with Gasteiger partial charge in [0.15, 0.2) is 0 Å². The van der Waals surface area contributed by atoms with Crippen LogP contribution in [0.5, 0.6) is 5.75 Å². The Bertz CT molecular complexity index is 1020. The Balaban J connectivity index is 1.35. The Morgan fingerprint density at radius 2 is 1.88 bits per heavy atom. The van der Waals surface area contributed by atoms with Crippen LogP contribution in [0.3, 0.4) is 0 Å². The third-order valence-electron chi connectivity index (χ3n) is 5.67. The first-order chi connectivity index (χ1) is 16.1. The standard InChI is InChI=1S/C25H32N6O2/c1-18(2)33-23-5-4-19(12-21(23)17-32-3)16-31-10-6-20(7-11-31)22-13-27-15-25(29-22)30-24-14-26-8-9-28-24/h4-5,8-9,12-15,18,20H,6-7,10-11,16-17H2,1-3H3,(H,28,29,30). The molecule has 2 aromatic heterocycles. The van der Waals surface area contributed by atoms with Crippen LogP contribution in [-0.4, -0.2) is 51.1 Å². The molecule has 0 saturated carbocycles. The van der Waals surface area contributed by atoms with E-state index in [1.54, 1.807) is 31.9 Å². The van der Waals surface area contributed by atoms with Crippen LogP contribution >= 0.6 is 0 Å². The van der Waals surface area contributed by atoms with E-state index >= 15 is 0 Å². The molecule has 4 rings (SSSR count). The van der Waals surface area contributed by atoms with Gasteiger partial charge in [-0.3, -0.25) is 14.9 Å². The fourth-order valence-electron chi connectivity index (χ4n) is 4.15. The Morgan fingerprint density at radius 3 is 2.61 bits per heavy atom. The van der Waals surface area contributed by atoms with Crippen molar-refractivity contribution in [2.75, 3.05) is 25.5 Å². The molecule has 1 aromatic carbocycles. The predicted octanol–water partition coefficient (Wildman–Crippen LogP) is 4.32. The average molecular weight is 449 g/mol. The second kappa shape index (κ2) is 11.2. The first-order valence-corrected chi connectivity index (χ1v) is 11.5. The van der Waals surface area contributed by atoms with Crippen molar-refractivity contribution in [3.05, 3.63) is 66.0 Å². The molecule has 8 heteroatoms. The van der Waals surface area contributed by atoms with Gasteiger partial charge in [-0.1, -0.05) is 6.07 Å². The normalized spacial score (nSPS) is 15.0. The van der Waals surface area contributed by atoms with Crippen LogP contribution in [0.1, 0.15) is 49.4 Å². The van der Waals surface area contributed by atoms with E-state index in [1.165, 1.54) is 5.56 Å². The molecule has 33 heavy (non-hydrogen) atoms. The lowest BCUT2D eigenvalue weighted by molar-refractivity contribution is 0.174. The number of nitrogens with zero attached hydrogens (tertiary/aromatic N) is 5. The van der Waals surface area contributed by atoms with Crippen molar-refractivity contribution in [2.45, 2.75) is 51.9 Å². The SMILES string of the molecule is COCc1cc(CN2CCC(c3cncc(Nc4cnccn4)n3)CC2)ccc1OC(C)C. The number of aromatic nitrogens is 4. The molecule has 8 nitrogen and oxygen atoms in total. The number of hydrogen-bond acceptors (Lipinski definition) is 8. The van der Waals surface area contributed by atoms with Crippen molar-refractivity contribution in [1.29, 1.82) is 0 Å². The second-order valence-electron chi connectivity index (χ2n) is 8.64. The van der Waals surface area contributed by atoms with Crippen LogP contribution in [0, 0.1) is 0 Å². The molecule has 0 unspecified atom stereocenters. The number of likely N-dealkylation sites (tertiary alicyclic amines) is 1. The minimum Gasteiger partial charge on any atom is -0.491 e. The summed E-state index contributed by atoms with van der Waals surface area (Å²) in [5.41, 5.74) is 3.41. The van der Waals surface area contributed by atoms with Crippen molar-refractivity contribution in [2.24, 2.45) is 0 Å². The number of methoxy groups -OCH3 is 1. The number of ether oxygens (including phenoxy) is 2. The number of rotatable bonds is 9.